The zero-order valence-corrected chi connectivity index (χ0v) is 12.5. The number of unbranched alkanes of at least 4 members (excludes halogenated alkanes) is 1. The molecule has 0 spiro atoms. The van der Waals surface area contributed by atoms with Gasteiger partial charge in [-0.05, 0) is 34.1 Å². The van der Waals surface area contributed by atoms with Gasteiger partial charge in [-0.15, -0.1) is 0 Å². The number of hydrogen-bond acceptors (Lipinski definition) is 3. The Morgan fingerprint density at radius 3 is 2.61 bits per heavy atom. The van der Waals surface area contributed by atoms with E-state index in [4.69, 9.17) is 4.74 Å². The summed E-state index contributed by atoms with van der Waals surface area (Å²) in [6.07, 6.45) is 3.27. The van der Waals surface area contributed by atoms with Crippen LogP contribution < -0.4 is 5.32 Å². The van der Waals surface area contributed by atoms with Crippen LogP contribution in [0.1, 0.15) is 53.9 Å². The number of carbonyl (C=O) groups excluding carboxylic acids is 1. The molecule has 4 heteroatoms. The topological polar surface area (TPSA) is 41.6 Å². The molecule has 1 fully saturated rings. The van der Waals surface area contributed by atoms with E-state index in [0.717, 1.165) is 19.3 Å². The van der Waals surface area contributed by atoms with Gasteiger partial charge in [-0.25, -0.2) is 0 Å². The molecule has 1 heterocycles. The summed E-state index contributed by atoms with van der Waals surface area (Å²) >= 11 is 0. The van der Waals surface area contributed by atoms with E-state index in [-0.39, 0.29) is 23.7 Å². The first kappa shape index (κ1) is 15.4. The van der Waals surface area contributed by atoms with Crippen molar-refractivity contribution in [2.45, 2.75) is 71.7 Å². The minimum atomic E-state index is -0.278. The zero-order chi connectivity index (χ0) is 13.8. The summed E-state index contributed by atoms with van der Waals surface area (Å²) < 4.78 is 5.68. The summed E-state index contributed by atoms with van der Waals surface area (Å²) in [5, 5.41) is 3.37. The Bertz CT molecular complexity index is 279. The Labute approximate surface area is 111 Å². The highest BCUT2D eigenvalue weighted by Crippen LogP contribution is 2.20. The molecule has 0 aromatic carbocycles. The largest absolute Gasteiger partial charge is 0.374 e. The number of rotatable bonds is 7. The van der Waals surface area contributed by atoms with Crippen molar-refractivity contribution in [3.63, 3.8) is 0 Å². The van der Waals surface area contributed by atoms with Gasteiger partial charge in [-0.1, -0.05) is 19.8 Å². The van der Waals surface area contributed by atoms with E-state index >= 15 is 0 Å². The van der Waals surface area contributed by atoms with Crippen LogP contribution in [0.2, 0.25) is 0 Å². The molecule has 1 N–H and O–H groups in total. The summed E-state index contributed by atoms with van der Waals surface area (Å²) in [5.41, 5.74) is -0.278. The van der Waals surface area contributed by atoms with Gasteiger partial charge in [0.2, 0.25) is 5.91 Å². The van der Waals surface area contributed by atoms with Crippen molar-refractivity contribution in [2.75, 3.05) is 13.2 Å². The minimum Gasteiger partial charge on any atom is -0.374 e. The van der Waals surface area contributed by atoms with Gasteiger partial charge < -0.3 is 9.64 Å². The molecule has 106 valence electrons. The van der Waals surface area contributed by atoms with Crippen molar-refractivity contribution in [1.29, 1.82) is 0 Å². The van der Waals surface area contributed by atoms with Crippen LogP contribution in [0.25, 0.3) is 0 Å². The summed E-state index contributed by atoms with van der Waals surface area (Å²) in [7, 11) is 0. The first-order valence-corrected chi connectivity index (χ1v) is 7.11. The molecule has 1 rings (SSSR count). The normalized spacial score (nSPS) is 24.9. The Hall–Kier alpha value is -0.610. The average Bonchev–Trinajstić information content (AvgIpc) is 2.53. The number of nitrogens with one attached hydrogen (secondary N) is 1. The fourth-order valence-corrected chi connectivity index (χ4v) is 2.52. The van der Waals surface area contributed by atoms with Crippen molar-refractivity contribution < 1.29 is 9.53 Å². The van der Waals surface area contributed by atoms with Crippen molar-refractivity contribution in [2.24, 2.45) is 0 Å². The number of amides is 1. The second kappa shape index (κ2) is 6.53. The molecule has 1 aliphatic rings. The molecule has 0 aromatic rings. The quantitative estimate of drug-likeness (QED) is 0.759. The molecule has 0 bridgehead atoms. The van der Waals surface area contributed by atoms with Gasteiger partial charge >= 0.3 is 0 Å². The highest BCUT2D eigenvalue weighted by Gasteiger charge is 2.38. The molecule has 4 nitrogen and oxygen atoms in total. The Morgan fingerprint density at radius 1 is 1.39 bits per heavy atom. The predicted octanol–water partition coefficient (Wildman–Crippen LogP) is 2.14. The van der Waals surface area contributed by atoms with Crippen molar-refractivity contribution in [3.05, 3.63) is 0 Å². The highest BCUT2D eigenvalue weighted by molar-refractivity contribution is 5.84. The fourth-order valence-electron chi connectivity index (χ4n) is 2.52. The maximum absolute atomic E-state index is 12.3. The highest BCUT2D eigenvalue weighted by atomic mass is 16.5. The van der Waals surface area contributed by atoms with E-state index in [0.29, 0.717) is 13.2 Å². The molecule has 0 saturated carbocycles. The first-order valence-electron chi connectivity index (χ1n) is 7.11. The summed E-state index contributed by atoms with van der Waals surface area (Å²) in [4.78, 5) is 14.2. The lowest BCUT2D eigenvalue weighted by Gasteiger charge is -2.32. The number of ether oxygens (including phenoxy) is 1. The van der Waals surface area contributed by atoms with Crippen LogP contribution in [0.3, 0.4) is 0 Å². The SMILES string of the molecule is CCCCC1NC(C)N(CC(C)(C)OCC)C1=O. The van der Waals surface area contributed by atoms with E-state index < -0.39 is 0 Å². The molecule has 1 amide bonds. The Kier molecular flexibility index (Phi) is 5.60. The van der Waals surface area contributed by atoms with Gasteiger partial charge in [0.15, 0.2) is 0 Å². The first-order chi connectivity index (χ1) is 8.41. The van der Waals surface area contributed by atoms with E-state index in [1.165, 1.54) is 0 Å². The van der Waals surface area contributed by atoms with Gasteiger partial charge in [0, 0.05) is 6.61 Å². The van der Waals surface area contributed by atoms with Crippen LogP contribution in [0, 0.1) is 0 Å². The number of carbonyl (C=O) groups is 1. The lowest BCUT2D eigenvalue weighted by atomic mass is 10.1. The molecule has 0 aromatic heterocycles. The van der Waals surface area contributed by atoms with Crippen molar-refractivity contribution >= 4 is 5.91 Å². The Morgan fingerprint density at radius 2 is 2.06 bits per heavy atom. The van der Waals surface area contributed by atoms with Gasteiger partial charge in [0.05, 0.1) is 24.4 Å². The number of hydrogen-bond donors (Lipinski definition) is 1. The third kappa shape index (κ3) is 3.95. The molecular weight excluding hydrogens is 228 g/mol. The zero-order valence-electron chi connectivity index (χ0n) is 12.5. The molecule has 1 saturated heterocycles. The average molecular weight is 256 g/mol. The van der Waals surface area contributed by atoms with Gasteiger partial charge in [-0.3, -0.25) is 10.1 Å². The Balaban J connectivity index is 2.58. The van der Waals surface area contributed by atoms with E-state index in [2.05, 4.69) is 12.2 Å². The van der Waals surface area contributed by atoms with E-state index in [1.807, 2.05) is 32.6 Å². The van der Waals surface area contributed by atoms with Crippen molar-refractivity contribution in [3.8, 4) is 0 Å². The molecule has 0 radical (unpaired) electrons. The lowest BCUT2D eigenvalue weighted by molar-refractivity contribution is -0.134. The summed E-state index contributed by atoms with van der Waals surface area (Å²) in [6.45, 7) is 11.6. The number of nitrogens with zero attached hydrogens (tertiary/aromatic N) is 1. The fraction of sp³-hybridized carbons (Fsp3) is 0.929. The van der Waals surface area contributed by atoms with Crippen LogP contribution >= 0.6 is 0 Å². The smallest absolute Gasteiger partial charge is 0.241 e. The van der Waals surface area contributed by atoms with Crippen LogP contribution in [0.4, 0.5) is 0 Å². The molecular formula is C14H28N2O2. The van der Waals surface area contributed by atoms with Gasteiger partial charge in [0.1, 0.15) is 0 Å². The third-order valence-corrected chi connectivity index (χ3v) is 3.42. The standard InChI is InChI=1S/C14H28N2O2/c1-6-8-9-12-13(17)16(11(3)15-12)10-14(4,5)18-7-2/h11-12,15H,6-10H2,1-5H3. The third-order valence-electron chi connectivity index (χ3n) is 3.42. The second-order valence-corrected chi connectivity index (χ2v) is 5.70. The summed E-state index contributed by atoms with van der Waals surface area (Å²) in [6, 6.07) is -0.00243. The van der Waals surface area contributed by atoms with Crippen LogP contribution in [-0.2, 0) is 9.53 Å². The summed E-state index contributed by atoms with van der Waals surface area (Å²) in [5.74, 6) is 0.226. The minimum absolute atomic E-state index is 0.00243. The van der Waals surface area contributed by atoms with E-state index in [1.54, 1.807) is 0 Å². The lowest BCUT2D eigenvalue weighted by Crippen LogP contribution is -2.45. The maximum Gasteiger partial charge on any atom is 0.241 e. The van der Waals surface area contributed by atoms with Gasteiger partial charge in [0.25, 0.3) is 0 Å². The van der Waals surface area contributed by atoms with Crippen LogP contribution in [0.5, 0.6) is 0 Å². The van der Waals surface area contributed by atoms with Gasteiger partial charge in [-0.2, -0.15) is 0 Å². The second-order valence-electron chi connectivity index (χ2n) is 5.70. The predicted molar refractivity (Wildman–Crippen MR) is 73.3 cm³/mol. The molecule has 0 aliphatic carbocycles. The van der Waals surface area contributed by atoms with Crippen LogP contribution in [-0.4, -0.2) is 41.8 Å². The monoisotopic (exact) mass is 256 g/mol. The van der Waals surface area contributed by atoms with Crippen LogP contribution in [0.15, 0.2) is 0 Å². The molecule has 18 heavy (non-hydrogen) atoms. The molecule has 2 unspecified atom stereocenters. The maximum atomic E-state index is 12.3. The molecule has 2 atom stereocenters. The van der Waals surface area contributed by atoms with E-state index in [9.17, 15) is 4.79 Å². The molecule has 1 aliphatic heterocycles. The van der Waals surface area contributed by atoms with Crippen molar-refractivity contribution in [1.82, 2.24) is 10.2 Å².